The highest BCUT2D eigenvalue weighted by Gasteiger charge is 2.51. The van der Waals surface area contributed by atoms with Crippen LogP contribution in [0.15, 0.2) is 79.0 Å². The third kappa shape index (κ3) is 2.30. The van der Waals surface area contributed by atoms with E-state index >= 15 is 0 Å². The topological polar surface area (TPSA) is 22.0 Å². The van der Waals surface area contributed by atoms with Crippen LogP contribution in [0.1, 0.15) is 35.5 Å². The number of hydrogen-bond donors (Lipinski definition) is 0. The van der Waals surface area contributed by atoms with Crippen LogP contribution < -0.4 is 0 Å². The number of nitrogens with zero attached hydrogens (tertiary/aromatic N) is 1. The fourth-order valence-electron chi connectivity index (χ4n) is 5.98. The van der Waals surface area contributed by atoms with Crippen molar-refractivity contribution < 1.29 is 4.79 Å². The van der Waals surface area contributed by atoms with Crippen LogP contribution in [0.25, 0.3) is 21.7 Å². The molecule has 28 heavy (non-hydrogen) atoms. The molecule has 2 fully saturated rings. The van der Waals surface area contributed by atoms with E-state index in [1.165, 1.54) is 35.6 Å². The number of carbonyl (C=O) groups excluding carboxylic acids is 1. The van der Waals surface area contributed by atoms with E-state index in [9.17, 15) is 4.79 Å². The van der Waals surface area contributed by atoms with Crippen molar-refractivity contribution in [1.82, 2.24) is 4.57 Å². The van der Waals surface area contributed by atoms with E-state index in [0.29, 0.717) is 17.8 Å². The molecule has 138 valence electrons. The summed E-state index contributed by atoms with van der Waals surface area (Å²) in [6.07, 6.45) is 5.63. The van der Waals surface area contributed by atoms with Crippen molar-refractivity contribution >= 4 is 27.6 Å². The Balaban J connectivity index is 1.44. The van der Waals surface area contributed by atoms with Crippen molar-refractivity contribution in [1.29, 1.82) is 0 Å². The maximum absolute atomic E-state index is 13.7. The van der Waals surface area contributed by atoms with E-state index < -0.39 is 0 Å². The summed E-state index contributed by atoms with van der Waals surface area (Å²) in [5.74, 6) is 1.89. The summed E-state index contributed by atoms with van der Waals surface area (Å²) in [7, 11) is 0. The Bertz CT molecular complexity index is 1200. The van der Waals surface area contributed by atoms with Gasteiger partial charge in [0.2, 0.25) is 5.91 Å². The van der Waals surface area contributed by atoms with E-state index in [0.717, 1.165) is 10.9 Å². The summed E-state index contributed by atoms with van der Waals surface area (Å²) < 4.78 is 1.91. The van der Waals surface area contributed by atoms with Crippen molar-refractivity contribution in [2.24, 2.45) is 17.8 Å². The largest absolute Gasteiger partial charge is 0.287 e. The molecule has 0 aliphatic heterocycles. The van der Waals surface area contributed by atoms with Gasteiger partial charge in [0.05, 0.1) is 5.52 Å². The Morgan fingerprint density at radius 2 is 1.54 bits per heavy atom. The van der Waals surface area contributed by atoms with Crippen LogP contribution >= 0.6 is 0 Å². The van der Waals surface area contributed by atoms with E-state index in [2.05, 4.69) is 60.7 Å². The minimum Gasteiger partial charge on any atom is -0.287 e. The van der Waals surface area contributed by atoms with Gasteiger partial charge in [-0.15, -0.1) is 0 Å². The summed E-state index contributed by atoms with van der Waals surface area (Å²) in [6.45, 7) is 0. The number of hydrogen-bond acceptors (Lipinski definition) is 1. The Morgan fingerprint density at radius 1 is 0.786 bits per heavy atom. The minimum atomic E-state index is 0.0933. The van der Waals surface area contributed by atoms with Crippen LogP contribution in [0.5, 0.6) is 0 Å². The highest BCUT2D eigenvalue weighted by atomic mass is 16.2. The van der Waals surface area contributed by atoms with Crippen molar-refractivity contribution in [3.63, 3.8) is 0 Å². The first-order valence-electron chi connectivity index (χ1n) is 10.4. The smallest absolute Gasteiger partial charge is 0.235 e. The van der Waals surface area contributed by atoms with E-state index in [1.807, 2.05) is 22.9 Å². The Morgan fingerprint density at radius 3 is 2.43 bits per heavy atom. The molecule has 0 unspecified atom stereocenters. The Hall–Kier alpha value is -2.87. The number of para-hydroxylation sites is 1. The predicted octanol–water partition coefficient (Wildman–Crippen LogP) is 6.26. The number of benzene rings is 3. The fourth-order valence-corrected chi connectivity index (χ4v) is 5.98. The minimum absolute atomic E-state index is 0.0933. The first-order valence-corrected chi connectivity index (χ1v) is 10.4. The van der Waals surface area contributed by atoms with Crippen LogP contribution in [0, 0.1) is 17.8 Å². The van der Waals surface area contributed by atoms with Crippen molar-refractivity contribution in [3.8, 4) is 0 Å². The molecule has 0 saturated heterocycles. The molecule has 2 aliphatic carbocycles. The van der Waals surface area contributed by atoms with Crippen molar-refractivity contribution in [2.45, 2.75) is 25.2 Å². The summed E-state index contributed by atoms with van der Waals surface area (Å²) in [6, 6.07) is 25.6. The highest BCUT2D eigenvalue weighted by molar-refractivity contribution is 5.94. The van der Waals surface area contributed by atoms with E-state index in [-0.39, 0.29) is 11.8 Å². The molecule has 2 nitrogen and oxygen atoms in total. The zero-order valence-electron chi connectivity index (χ0n) is 15.8. The van der Waals surface area contributed by atoms with Gasteiger partial charge in [-0.2, -0.15) is 0 Å². The SMILES string of the molecule is O=C([C@H]1[C@@H]2CC[C@@H](C2)[C@H]1c1ccc2ccccc2c1)n1ccc2ccccc21. The van der Waals surface area contributed by atoms with Gasteiger partial charge < -0.3 is 0 Å². The van der Waals surface area contributed by atoms with Gasteiger partial charge in [-0.1, -0.05) is 60.7 Å². The standard InChI is InChI=1S/C26H23NO/c28-26(27-14-13-18-6-3-4-8-23(18)27)25-22-12-11-21(16-22)24(25)20-10-9-17-5-1-2-7-19(17)15-20/h1-10,13-15,21-22,24-25H,11-12,16H2/t21-,22+,24+,25-/m0/s1. The lowest BCUT2D eigenvalue weighted by atomic mass is 9.74. The van der Waals surface area contributed by atoms with Crippen LogP contribution in [0.2, 0.25) is 0 Å². The van der Waals surface area contributed by atoms with Crippen LogP contribution in [-0.4, -0.2) is 10.5 Å². The molecule has 2 bridgehead atoms. The number of aromatic nitrogens is 1. The van der Waals surface area contributed by atoms with Gasteiger partial charge in [-0.25, -0.2) is 0 Å². The lowest BCUT2D eigenvalue weighted by Gasteiger charge is -2.31. The van der Waals surface area contributed by atoms with Crippen molar-refractivity contribution in [2.75, 3.05) is 0 Å². The van der Waals surface area contributed by atoms with Crippen molar-refractivity contribution in [3.05, 3.63) is 84.6 Å². The molecule has 4 aromatic rings. The maximum atomic E-state index is 13.7. The number of fused-ring (bicyclic) bond motifs is 4. The third-order valence-corrected chi connectivity index (χ3v) is 7.20. The molecule has 0 amide bonds. The van der Waals surface area contributed by atoms with Gasteiger partial charge in [0.1, 0.15) is 0 Å². The second-order valence-corrected chi connectivity index (χ2v) is 8.57. The Labute approximate surface area is 164 Å². The average molecular weight is 365 g/mol. The highest BCUT2D eigenvalue weighted by Crippen LogP contribution is 2.57. The fraction of sp³-hybridized carbons (Fsp3) is 0.269. The second kappa shape index (κ2) is 6.07. The van der Waals surface area contributed by atoms with E-state index in [1.54, 1.807) is 0 Å². The van der Waals surface area contributed by atoms with Gasteiger partial charge in [-0.05, 0) is 65.5 Å². The quantitative estimate of drug-likeness (QED) is 0.411. The molecule has 2 heteroatoms. The summed E-state index contributed by atoms with van der Waals surface area (Å²) in [5, 5.41) is 3.69. The normalized spacial score (nSPS) is 26.3. The molecule has 2 aliphatic rings. The van der Waals surface area contributed by atoms with Gasteiger partial charge in [0.15, 0.2) is 0 Å². The molecular weight excluding hydrogens is 342 g/mol. The molecule has 1 heterocycles. The number of carbonyl (C=O) groups is 1. The lowest BCUT2D eigenvalue weighted by molar-refractivity contribution is 0.0769. The third-order valence-electron chi connectivity index (χ3n) is 7.20. The molecule has 6 rings (SSSR count). The molecule has 3 aromatic carbocycles. The summed E-state index contributed by atoms with van der Waals surface area (Å²) >= 11 is 0. The predicted molar refractivity (Wildman–Crippen MR) is 114 cm³/mol. The lowest BCUT2D eigenvalue weighted by Crippen LogP contribution is -2.31. The zero-order chi connectivity index (χ0) is 18.7. The molecule has 0 spiro atoms. The molecule has 4 atom stereocenters. The van der Waals surface area contributed by atoms with Gasteiger partial charge in [-0.3, -0.25) is 9.36 Å². The Kier molecular flexibility index (Phi) is 3.49. The van der Waals surface area contributed by atoms with Gasteiger partial charge in [0, 0.05) is 17.5 Å². The molecule has 0 radical (unpaired) electrons. The maximum Gasteiger partial charge on any atom is 0.235 e. The number of rotatable bonds is 2. The molecule has 0 N–H and O–H groups in total. The van der Waals surface area contributed by atoms with Crippen LogP contribution in [0.3, 0.4) is 0 Å². The first kappa shape index (κ1) is 16.1. The second-order valence-electron chi connectivity index (χ2n) is 8.57. The van der Waals surface area contributed by atoms with Crippen LogP contribution in [-0.2, 0) is 0 Å². The summed E-state index contributed by atoms with van der Waals surface area (Å²) in [4.78, 5) is 13.7. The van der Waals surface area contributed by atoms with Gasteiger partial charge >= 0.3 is 0 Å². The molecular formula is C26H23NO. The van der Waals surface area contributed by atoms with Crippen LogP contribution in [0.4, 0.5) is 0 Å². The zero-order valence-corrected chi connectivity index (χ0v) is 15.8. The molecule has 2 saturated carbocycles. The van der Waals surface area contributed by atoms with E-state index in [4.69, 9.17) is 0 Å². The first-order chi connectivity index (χ1) is 13.8. The molecule has 1 aromatic heterocycles. The average Bonchev–Trinajstić information content (AvgIpc) is 3.47. The van der Waals surface area contributed by atoms with Gasteiger partial charge in [0.25, 0.3) is 0 Å². The monoisotopic (exact) mass is 365 g/mol. The summed E-state index contributed by atoms with van der Waals surface area (Å²) in [5.41, 5.74) is 2.38.